The molecule has 2 fully saturated rings. The zero-order valence-electron chi connectivity index (χ0n) is 11.9. The van der Waals surface area contributed by atoms with Crippen molar-refractivity contribution in [3.63, 3.8) is 0 Å². The Morgan fingerprint density at radius 1 is 1.16 bits per heavy atom. The van der Waals surface area contributed by atoms with Crippen LogP contribution in [-0.4, -0.2) is 38.2 Å². The van der Waals surface area contributed by atoms with E-state index >= 15 is 0 Å². The average molecular weight is 289 g/mol. The molecule has 2 aliphatic rings. The smallest absolute Gasteiger partial charge is 0.157 e. The van der Waals surface area contributed by atoms with Gasteiger partial charge in [-0.15, -0.1) is 0 Å². The number of sulfone groups is 1. The van der Waals surface area contributed by atoms with Gasteiger partial charge in [-0.05, 0) is 38.0 Å². The molecule has 19 heavy (non-hydrogen) atoms. The highest BCUT2D eigenvalue weighted by Crippen LogP contribution is 2.34. The van der Waals surface area contributed by atoms with Gasteiger partial charge in [0.15, 0.2) is 9.84 Å². The van der Waals surface area contributed by atoms with E-state index in [1.54, 1.807) is 0 Å². The maximum atomic E-state index is 12.8. The normalized spacial score (nSPS) is 34.3. The van der Waals surface area contributed by atoms with Crippen LogP contribution in [0, 0.1) is 5.92 Å². The monoisotopic (exact) mass is 289 g/mol. The number of nitrogens with two attached hydrogens (primary N) is 1. The summed E-state index contributed by atoms with van der Waals surface area (Å²) in [5.41, 5.74) is 6.12. The summed E-state index contributed by atoms with van der Waals surface area (Å²) in [5, 5.41) is -0.543. The second-order valence-electron chi connectivity index (χ2n) is 6.07. The topological polar surface area (TPSA) is 69.4 Å². The molecule has 2 N–H and O–H groups in total. The first-order valence-electron chi connectivity index (χ1n) is 7.61. The molecule has 4 nitrogen and oxygen atoms in total. The first-order valence-corrected chi connectivity index (χ1v) is 9.22. The molecule has 2 rings (SSSR count). The predicted octanol–water partition coefficient (Wildman–Crippen LogP) is 1.88. The van der Waals surface area contributed by atoms with Crippen LogP contribution in [0.15, 0.2) is 0 Å². The molecule has 1 aliphatic carbocycles. The zero-order chi connectivity index (χ0) is 13.9. The summed E-state index contributed by atoms with van der Waals surface area (Å²) in [6, 6.07) is -0.166. The predicted molar refractivity (Wildman–Crippen MR) is 76.8 cm³/mol. The van der Waals surface area contributed by atoms with Gasteiger partial charge in [-0.2, -0.15) is 0 Å². The molecule has 0 radical (unpaired) electrons. The molecule has 0 bridgehead atoms. The molecule has 112 valence electrons. The van der Waals surface area contributed by atoms with Crippen molar-refractivity contribution in [2.24, 2.45) is 11.7 Å². The molecule has 3 atom stereocenters. The average Bonchev–Trinajstić information content (AvgIpc) is 2.42. The molecule has 3 unspecified atom stereocenters. The highest BCUT2D eigenvalue weighted by molar-refractivity contribution is 7.92. The number of hydrogen-bond donors (Lipinski definition) is 1. The van der Waals surface area contributed by atoms with Crippen molar-refractivity contribution in [3.8, 4) is 0 Å². The van der Waals surface area contributed by atoms with Crippen LogP contribution in [0.1, 0.15) is 51.9 Å². The van der Waals surface area contributed by atoms with Gasteiger partial charge in [-0.3, -0.25) is 0 Å². The van der Waals surface area contributed by atoms with Crippen LogP contribution in [-0.2, 0) is 14.6 Å². The molecule has 0 aromatic rings. The third-order valence-electron chi connectivity index (χ3n) is 4.70. The van der Waals surface area contributed by atoms with E-state index in [2.05, 4.69) is 6.92 Å². The molecule has 0 aromatic heterocycles. The standard InChI is InChI=1S/C14H27NO3S/c1-2-3-11-4-5-13(15)14(10-11)19(16,17)12-6-8-18-9-7-12/h11-14H,2-10,15H2,1H3. The van der Waals surface area contributed by atoms with Crippen LogP contribution >= 0.6 is 0 Å². The SMILES string of the molecule is CCCC1CCC(N)C(S(=O)(=O)C2CCOCC2)C1. The summed E-state index contributed by atoms with van der Waals surface area (Å²) in [4.78, 5) is 0. The second-order valence-corrected chi connectivity index (χ2v) is 8.52. The highest BCUT2D eigenvalue weighted by Gasteiger charge is 2.41. The molecular weight excluding hydrogens is 262 g/mol. The Labute approximate surface area is 117 Å². The lowest BCUT2D eigenvalue weighted by Crippen LogP contribution is -2.49. The van der Waals surface area contributed by atoms with Crippen molar-refractivity contribution in [1.82, 2.24) is 0 Å². The largest absolute Gasteiger partial charge is 0.381 e. The Bertz CT molecular complexity index is 376. The van der Waals surface area contributed by atoms with Crippen molar-refractivity contribution in [3.05, 3.63) is 0 Å². The fourth-order valence-electron chi connectivity index (χ4n) is 3.54. The third-order valence-corrected chi connectivity index (χ3v) is 7.49. The fraction of sp³-hybridized carbons (Fsp3) is 1.00. The first kappa shape index (κ1) is 15.3. The minimum atomic E-state index is -3.09. The van der Waals surface area contributed by atoms with Gasteiger partial charge in [0.25, 0.3) is 0 Å². The lowest BCUT2D eigenvalue weighted by Gasteiger charge is -2.36. The summed E-state index contributed by atoms with van der Waals surface area (Å²) in [6.07, 6.45) is 6.27. The third kappa shape index (κ3) is 3.50. The number of hydrogen-bond acceptors (Lipinski definition) is 4. The van der Waals surface area contributed by atoms with E-state index in [0.29, 0.717) is 32.0 Å². The van der Waals surface area contributed by atoms with Crippen molar-refractivity contribution in [2.75, 3.05) is 13.2 Å². The van der Waals surface area contributed by atoms with E-state index in [1.807, 2.05) is 0 Å². The van der Waals surface area contributed by atoms with Crippen LogP contribution in [0.25, 0.3) is 0 Å². The summed E-state index contributed by atoms with van der Waals surface area (Å²) in [6.45, 7) is 3.31. The molecule has 5 heteroatoms. The van der Waals surface area contributed by atoms with Crippen LogP contribution in [0.2, 0.25) is 0 Å². The van der Waals surface area contributed by atoms with E-state index in [9.17, 15) is 8.42 Å². The van der Waals surface area contributed by atoms with E-state index in [1.165, 1.54) is 0 Å². The van der Waals surface area contributed by atoms with E-state index < -0.39 is 9.84 Å². The van der Waals surface area contributed by atoms with Crippen molar-refractivity contribution in [1.29, 1.82) is 0 Å². The van der Waals surface area contributed by atoms with E-state index in [0.717, 1.165) is 32.1 Å². The zero-order valence-corrected chi connectivity index (χ0v) is 12.7. The minimum absolute atomic E-state index is 0.166. The molecule has 1 aliphatic heterocycles. The molecule has 1 saturated carbocycles. The van der Waals surface area contributed by atoms with Crippen molar-refractivity contribution in [2.45, 2.75) is 68.4 Å². The Morgan fingerprint density at radius 2 is 1.84 bits per heavy atom. The summed E-state index contributed by atoms with van der Waals surface area (Å²) < 4.78 is 30.8. The molecule has 0 spiro atoms. The Balaban J connectivity index is 2.08. The Morgan fingerprint density at radius 3 is 2.47 bits per heavy atom. The van der Waals surface area contributed by atoms with E-state index in [4.69, 9.17) is 10.5 Å². The van der Waals surface area contributed by atoms with Crippen molar-refractivity contribution < 1.29 is 13.2 Å². The highest BCUT2D eigenvalue weighted by atomic mass is 32.2. The molecule has 1 heterocycles. The second kappa shape index (κ2) is 6.55. The van der Waals surface area contributed by atoms with Gasteiger partial charge in [0.2, 0.25) is 0 Å². The van der Waals surface area contributed by atoms with Gasteiger partial charge in [-0.1, -0.05) is 19.8 Å². The van der Waals surface area contributed by atoms with E-state index in [-0.39, 0.29) is 16.5 Å². The minimum Gasteiger partial charge on any atom is -0.381 e. The maximum absolute atomic E-state index is 12.8. The first-order chi connectivity index (χ1) is 9.05. The summed E-state index contributed by atoms with van der Waals surface area (Å²) in [5.74, 6) is 0.546. The lowest BCUT2D eigenvalue weighted by molar-refractivity contribution is 0.0979. The molecule has 1 saturated heterocycles. The quantitative estimate of drug-likeness (QED) is 0.858. The number of ether oxygens (including phenoxy) is 1. The summed E-state index contributed by atoms with van der Waals surface area (Å²) >= 11 is 0. The fourth-order valence-corrected chi connectivity index (χ4v) is 6.04. The van der Waals surface area contributed by atoms with Gasteiger partial charge >= 0.3 is 0 Å². The van der Waals surface area contributed by atoms with Crippen LogP contribution in [0.3, 0.4) is 0 Å². The van der Waals surface area contributed by atoms with Crippen LogP contribution < -0.4 is 5.73 Å². The molecular formula is C14H27NO3S. The molecule has 0 amide bonds. The van der Waals surface area contributed by atoms with Gasteiger partial charge in [-0.25, -0.2) is 8.42 Å². The van der Waals surface area contributed by atoms with Crippen LogP contribution in [0.4, 0.5) is 0 Å². The maximum Gasteiger partial charge on any atom is 0.157 e. The van der Waals surface area contributed by atoms with Gasteiger partial charge < -0.3 is 10.5 Å². The van der Waals surface area contributed by atoms with Crippen LogP contribution in [0.5, 0.6) is 0 Å². The lowest BCUT2D eigenvalue weighted by atomic mass is 9.83. The van der Waals surface area contributed by atoms with Gasteiger partial charge in [0.1, 0.15) is 0 Å². The summed E-state index contributed by atoms with van der Waals surface area (Å²) in [7, 11) is -3.09. The Hall–Kier alpha value is -0.130. The van der Waals surface area contributed by atoms with Gasteiger partial charge in [0.05, 0.1) is 10.5 Å². The van der Waals surface area contributed by atoms with Gasteiger partial charge in [0, 0.05) is 19.3 Å². The van der Waals surface area contributed by atoms with Crippen molar-refractivity contribution >= 4 is 9.84 Å². The number of rotatable bonds is 4. The Kier molecular flexibility index (Phi) is 5.26. The molecule has 0 aromatic carbocycles.